The third-order valence-corrected chi connectivity index (χ3v) is 10.6. The number of hydrogen-bond acceptors (Lipinski definition) is 6. The van der Waals surface area contributed by atoms with Crippen molar-refractivity contribution in [3.05, 3.63) is 130 Å². The van der Waals surface area contributed by atoms with Crippen molar-refractivity contribution in [1.29, 1.82) is 0 Å². The summed E-state index contributed by atoms with van der Waals surface area (Å²) >= 11 is 23.3. The molecule has 0 bridgehead atoms. The highest BCUT2D eigenvalue weighted by molar-refractivity contribution is 6.76. The van der Waals surface area contributed by atoms with Crippen LogP contribution in [0.5, 0.6) is 0 Å². The summed E-state index contributed by atoms with van der Waals surface area (Å²) in [5.74, 6) is -0.664. The molecule has 0 aliphatic carbocycles. The lowest BCUT2D eigenvalue weighted by Crippen LogP contribution is -2.49. The van der Waals surface area contributed by atoms with Gasteiger partial charge in [0.05, 0.1) is 24.4 Å². The number of halogens is 4. The minimum atomic E-state index is -2.04. The first-order chi connectivity index (χ1) is 23.9. The van der Waals surface area contributed by atoms with Gasteiger partial charge in [0, 0.05) is 42.7 Å². The van der Waals surface area contributed by atoms with Crippen LogP contribution in [0.1, 0.15) is 60.0 Å². The summed E-state index contributed by atoms with van der Waals surface area (Å²) in [6.45, 7) is 4.47. The van der Waals surface area contributed by atoms with Crippen LogP contribution in [0.3, 0.4) is 0 Å². The molecule has 50 heavy (non-hydrogen) atoms. The molecular formula is C39H40Cl4N2O5. The van der Waals surface area contributed by atoms with Crippen molar-refractivity contribution in [3.63, 3.8) is 0 Å². The molecule has 4 atom stereocenters. The predicted octanol–water partition coefficient (Wildman–Crippen LogP) is 8.26. The number of aliphatic hydroxyl groups excluding tert-OH is 1. The number of carbonyl (C=O) groups excluding carboxylic acids is 1. The quantitative estimate of drug-likeness (QED) is 0.149. The highest BCUT2D eigenvalue weighted by Crippen LogP contribution is 2.43. The maximum atomic E-state index is 12.2. The Morgan fingerprint density at radius 1 is 0.900 bits per heavy atom. The van der Waals surface area contributed by atoms with E-state index in [1.165, 1.54) is 0 Å². The van der Waals surface area contributed by atoms with Gasteiger partial charge in [0.25, 0.3) is 9.70 Å². The van der Waals surface area contributed by atoms with E-state index in [9.17, 15) is 15.0 Å². The van der Waals surface area contributed by atoms with E-state index in [2.05, 4.69) is 17.1 Å². The van der Waals surface area contributed by atoms with Gasteiger partial charge in [0.15, 0.2) is 6.29 Å². The van der Waals surface area contributed by atoms with Crippen LogP contribution < -0.4 is 5.32 Å². The van der Waals surface area contributed by atoms with Gasteiger partial charge in [-0.2, -0.15) is 0 Å². The first-order valence-electron chi connectivity index (χ1n) is 16.7. The SMILES string of the molecule is CC1C(CN2CCC(O)(c3ccc(Cl)cc3)CC2)OC(c2ccc(-c3ccccc3CNC(=O)C(Cl)(Cl)Cl)cc2)OC1c1ccc(CO)cc1. The normalized spacial score (nSPS) is 22.6. The lowest BCUT2D eigenvalue weighted by Gasteiger charge is -2.45. The average Bonchev–Trinajstić information content (AvgIpc) is 3.12. The van der Waals surface area contributed by atoms with Gasteiger partial charge in [-0.3, -0.25) is 4.79 Å². The molecule has 4 unspecified atom stereocenters. The molecule has 0 spiro atoms. The van der Waals surface area contributed by atoms with Crippen LogP contribution in [0.15, 0.2) is 97.1 Å². The third kappa shape index (κ3) is 8.67. The molecule has 11 heteroatoms. The number of rotatable bonds is 9. The number of hydrogen-bond donors (Lipinski definition) is 3. The first kappa shape index (κ1) is 37.1. The Labute approximate surface area is 313 Å². The van der Waals surface area contributed by atoms with E-state index >= 15 is 0 Å². The van der Waals surface area contributed by atoms with Gasteiger partial charge in [-0.1, -0.05) is 138 Å². The van der Waals surface area contributed by atoms with Crippen LogP contribution in [0.25, 0.3) is 11.1 Å². The third-order valence-electron chi connectivity index (χ3n) is 9.83. The van der Waals surface area contributed by atoms with Crippen molar-refractivity contribution in [2.45, 2.75) is 60.8 Å². The summed E-state index contributed by atoms with van der Waals surface area (Å²) in [4.78, 5) is 14.5. The Kier molecular flexibility index (Phi) is 11.8. The van der Waals surface area contributed by atoms with E-state index in [0.717, 1.165) is 52.0 Å². The molecule has 0 radical (unpaired) electrons. The Hall–Kier alpha value is -2.69. The van der Waals surface area contributed by atoms with E-state index in [4.69, 9.17) is 55.9 Å². The zero-order chi connectivity index (χ0) is 35.5. The van der Waals surface area contributed by atoms with Gasteiger partial charge in [-0.25, -0.2) is 0 Å². The summed E-state index contributed by atoms with van der Waals surface area (Å²) < 4.78 is 11.4. The number of ether oxygens (including phenoxy) is 2. The molecule has 2 heterocycles. The van der Waals surface area contributed by atoms with Gasteiger partial charge in [-0.15, -0.1) is 0 Å². The average molecular weight is 759 g/mol. The molecule has 4 aromatic carbocycles. The standard InChI is InChI=1S/C39H40Cl4N2O5/c1-25-34(23-45-20-18-38(48,19-21-45)31-14-16-32(40)17-15-31)49-36(50-35(25)28-8-6-26(24-46)7-9-28)29-12-10-27(11-13-29)33-5-3-2-4-30(33)22-44-37(47)39(41,42)43/h2-17,25,34-36,46,48H,18-24H2,1H3,(H,44,47). The molecule has 0 saturated carbocycles. The highest BCUT2D eigenvalue weighted by atomic mass is 35.6. The molecule has 7 nitrogen and oxygen atoms in total. The Morgan fingerprint density at radius 3 is 2.18 bits per heavy atom. The fourth-order valence-corrected chi connectivity index (χ4v) is 7.11. The van der Waals surface area contributed by atoms with Crippen LogP contribution in [-0.4, -0.2) is 50.6 Å². The van der Waals surface area contributed by atoms with Gasteiger partial charge < -0.3 is 29.9 Å². The summed E-state index contributed by atoms with van der Waals surface area (Å²) in [6, 6.07) is 31.1. The molecule has 0 aromatic heterocycles. The van der Waals surface area contributed by atoms with Crippen LogP contribution in [0.2, 0.25) is 5.02 Å². The molecule has 2 aliphatic heterocycles. The Morgan fingerprint density at radius 2 is 1.54 bits per heavy atom. The van der Waals surface area contributed by atoms with Crippen LogP contribution in [-0.2, 0) is 33.0 Å². The summed E-state index contributed by atoms with van der Waals surface area (Å²) in [7, 11) is 0. The number of nitrogens with one attached hydrogen (secondary N) is 1. The topological polar surface area (TPSA) is 91.3 Å². The van der Waals surface area contributed by atoms with Crippen molar-refractivity contribution >= 4 is 52.3 Å². The zero-order valence-electron chi connectivity index (χ0n) is 27.6. The van der Waals surface area contributed by atoms with Crippen molar-refractivity contribution in [2.75, 3.05) is 19.6 Å². The minimum Gasteiger partial charge on any atom is -0.392 e. The van der Waals surface area contributed by atoms with Gasteiger partial charge in [0.2, 0.25) is 0 Å². The minimum absolute atomic E-state index is 0.0253. The maximum Gasteiger partial charge on any atom is 0.272 e. The van der Waals surface area contributed by atoms with E-state index in [1.807, 2.05) is 97.1 Å². The summed E-state index contributed by atoms with van der Waals surface area (Å²) in [5, 5.41) is 24.4. The lowest BCUT2D eigenvalue weighted by atomic mass is 9.84. The molecule has 2 aliphatic rings. The van der Waals surface area contributed by atoms with Gasteiger partial charge in [-0.05, 0) is 58.4 Å². The first-order valence-corrected chi connectivity index (χ1v) is 18.2. The summed E-state index contributed by atoms with van der Waals surface area (Å²) in [5.41, 5.74) is 5.49. The number of amides is 1. The number of nitrogens with zero attached hydrogens (tertiary/aromatic N) is 1. The number of aliphatic hydroxyl groups is 2. The Bertz CT molecular complexity index is 1740. The van der Waals surface area contributed by atoms with Crippen LogP contribution in [0.4, 0.5) is 0 Å². The van der Waals surface area contributed by atoms with Gasteiger partial charge in [0.1, 0.15) is 0 Å². The highest BCUT2D eigenvalue weighted by Gasteiger charge is 2.41. The van der Waals surface area contributed by atoms with Crippen LogP contribution >= 0.6 is 46.4 Å². The van der Waals surface area contributed by atoms with Crippen molar-refractivity contribution in [3.8, 4) is 11.1 Å². The fraction of sp³-hybridized carbons (Fsp3) is 0.359. The smallest absolute Gasteiger partial charge is 0.272 e. The number of likely N-dealkylation sites (tertiary alicyclic amines) is 1. The second kappa shape index (κ2) is 15.9. The zero-order valence-corrected chi connectivity index (χ0v) is 30.6. The van der Waals surface area contributed by atoms with Crippen molar-refractivity contribution < 1.29 is 24.5 Å². The number of alkyl halides is 3. The van der Waals surface area contributed by atoms with E-state index in [-0.39, 0.29) is 31.3 Å². The van der Waals surface area contributed by atoms with Gasteiger partial charge >= 0.3 is 0 Å². The monoisotopic (exact) mass is 756 g/mol. The van der Waals surface area contributed by atoms with E-state index < -0.39 is 21.6 Å². The molecule has 264 valence electrons. The molecule has 2 fully saturated rings. The number of carbonyl (C=O) groups is 1. The molecule has 6 rings (SSSR count). The second-order valence-electron chi connectivity index (χ2n) is 13.1. The predicted molar refractivity (Wildman–Crippen MR) is 198 cm³/mol. The fourth-order valence-electron chi connectivity index (χ4n) is 6.79. The van der Waals surface area contributed by atoms with E-state index in [1.54, 1.807) is 0 Å². The molecule has 2 saturated heterocycles. The molecule has 3 N–H and O–H groups in total. The Balaban J connectivity index is 1.20. The lowest BCUT2D eigenvalue weighted by molar-refractivity contribution is -0.277. The molecular weight excluding hydrogens is 718 g/mol. The maximum absolute atomic E-state index is 12.2. The van der Waals surface area contributed by atoms with Crippen molar-refractivity contribution in [2.24, 2.45) is 5.92 Å². The van der Waals surface area contributed by atoms with Crippen molar-refractivity contribution in [1.82, 2.24) is 10.2 Å². The number of piperidine rings is 1. The number of benzene rings is 4. The van der Waals surface area contributed by atoms with Crippen LogP contribution in [0, 0.1) is 5.92 Å². The molecule has 4 aromatic rings. The van der Waals surface area contributed by atoms with E-state index in [0.29, 0.717) is 24.4 Å². The molecule has 1 amide bonds. The second-order valence-corrected chi connectivity index (χ2v) is 15.8. The summed E-state index contributed by atoms with van der Waals surface area (Å²) in [6.07, 6.45) is 0.198. The largest absolute Gasteiger partial charge is 0.392 e.